The first-order chi connectivity index (χ1) is 15.1. The Balaban J connectivity index is 0.00000176. The first kappa shape index (κ1) is 25.9. The van der Waals surface area contributed by atoms with Crippen molar-refractivity contribution in [1.29, 1.82) is 0 Å². The monoisotopic (exact) mass is 489 g/mol. The number of hydrogen-bond acceptors (Lipinski definition) is 6. The van der Waals surface area contributed by atoms with Gasteiger partial charge in [0.15, 0.2) is 5.13 Å². The molecule has 0 saturated carbocycles. The highest BCUT2D eigenvalue weighted by Gasteiger charge is 2.30. The van der Waals surface area contributed by atoms with Crippen LogP contribution in [0.2, 0.25) is 5.02 Å². The number of aromatic hydroxyl groups is 1. The van der Waals surface area contributed by atoms with Crippen LogP contribution in [0.15, 0.2) is 30.3 Å². The third kappa shape index (κ3) is 6.32. The van der Waals surface area contributed by atoms with Crippen LogP contribution >= 0.6 is 22.9 Å². The summed E-state index contributed by atoms with van der Waals surface area (Å²) in [5.41, 5.74) is -0.196. The predicted octanol–water partition coefficient (Wildman–Crippen LogP) is 5.38. The molecule has 0 aliphatic heterocycles. The topological polar surface area (TPSA) is 85.7 Å². The van der Waals surface area contributed by atoms with Crippen LogP contribution < -0.4 is 5.32 Å². The number of aliphatic hydroxyl groups excluding tert-OH is 1. The van der Waals surface area contributed by atoms with E-state index in [1.807, 2.05) is 13.8 Å². The van der Waals surface area contributed by atoms with Crippen molar-refractivity contribution < 1.29 is 28.2 Å². The van der Waals surface area contributed by atoms with Crippen LogP contribution in [0.4, 0.5) is 18.3 Å². The molecule has 1 amide bonds. The first-order valence-electron chi connectivity index (χ1n) is 9.68. The zero-order valence-corrected chi connectivity index (χ0v) is 19.2. The molecule has 0 radical (unpaired) electrons. The molecule has 0 saturated heterocycles. The fraction of sp³-hybridized carbons (Fsp3) is 0.333. The number of aliphatic hydroxyl groups is 1. The van der Waals surface area contributed by atoms with Gasteiger partial charge in [0.25, 0.3) is 5.91 Å². The summed E-state index contributed by atoms with van der Waals surface area (Å²) in [6.45, 7) is 4.53. The van der Waals surface area contributed by atoms with E-state index >= 15 is 0 Å². The van der Waals surface area contributed by atoms with Gasteiger partial charge in [-0.25, -0.2) is 4.98 Å². The summed E-state index contributed by atoms with van der Waals surface area (Å²) in [7, 11) is 1.73. The summed E-state index contributed by atoms with van der Waals surface area (Å²) in [4.78, 5) is 18.5. The minimum Gasteiger partial charge on any atom is -0.507 e. The quantitative estimate of drug-likeness (QED) is 0.433. The molecule has 0 unspecified atom stereocenters. The van der Waals surface area contributed by atoms with Crippen LogP contribution in [0.3, 0.4) is 0 Å². The fourth-order valence-electron chi connectivity index (χ4n) is 2.81. The Labute approximate surface area is 192 Å². The number of rotatable bonds is 6. The van der Waals surface area contributed by atoms with E-state index in [9.17, 15) is 23.1 Å². The van der Waals surface area contributed by atoms with E-state index in [4.69, 9.17) is 16.7 Å². The number of nitrogens with zero attached hydrogens (tertiary/aromatic N) is 2. The molecular formula is C21H23ClF3N3O3S. The molecule has 0 fully saturated rings. The summed E-state index contributed by atoms with van der Waals surface area (Å²) in [5.74, 6) is -0.974. The zero-order valence-electron chi connectivity index (χ0n) is 17.6. The van der Waals surface area contributed by atoms with E-state index in [0.717, 1.165) is 23.5 Å². The lowest BCUT2D eigenvalue weighted by Gasteiger charge is -2.17. The van der Waals surface area contributed by atoms with Gasteiger partial charge in [0.1, 0.15) is 5.75 Å². The Kier molecular flexibility index (Phi) is 8.85. The lowest BCUT2D eigenvalue weighted by molar-refractivity contribution is -0.137. The normalized spacial score (nSPS) is 11.4. The Morgan fingerprint density at radius 1 is 1.25 bits per heavy atom. The number of likely N-dealkylation sites (N-methyl/N-ethyl adjacent to an activating group) is 1. The summed E-state index contributed by atoms with van der Waals surface area (Å²) < 4.78 is 38.9. The standard InChI is InChI=1S/C19H17ClF3N3O3S.C2H6/c1-26(4-5-27)9-10-6-12(20)8-13(16(10)28)17(29)25-18-24-14-3-2-11(19(21,22)23)7-15(14)30-18;1-2/h2-3,6-8,27-28H,4-5,9H2,1H3,(H,24,25,29);1-2H3. The number of phenols is 1. The van der Waals surface area contributed by atoms with Crippen LogP contribution in [0.5, 0.6) is 5.75 Å². The van der Waals surface area contributed by atoms with Gasteiger partial charge >= 0.3 is 6.18 Å². The third-order valence-electron chi connectivity index (χ3n) is 4.26. The molecular weight excluding hydrogens is 467 g/mol. The minimum atomic E-state index is -4.48. The number of aromatic nitrogens is 1. The molecule has 0 aliphatic carbocycles. The van der Waals surface area contributed by atoms with E-state index < -0.39 is 17.6 Å². The van der Waals surface area contributed by atoms with Crippen LogP contribution in [0.25, 0.3) is 10.2 Å². The second-order valence-electron chi connectivity index (χ2n) is 6.58. The maximum atomic E-state index is 12.9. The van der Waals surface area contributed by atoms with Crippen molar-refractivity contribution in [2.75, 3.05) is 25.5 Å². The van der Waals surface area contributed by atoms with Crippen molar-refractivity contribution in [1.82, 2.24) is 9.88 Å². The molecule has 2 aromatic carbocycles. The number of carbonyl (C=O) groups is 1. The van der Waals surface area contributed by atoms with Gasteiger partial charge in [-0.3, -0.25) is 15.0 Å². The Morgan fingerprint density at radius 2 is 1.94 bits per heavy atom. The maximum Gasteiger partial charge on any atom is 0.416 e. The van der Waals surface area contributed by atoms with Crippen molar-refractivity contribution in [2.24, 2.45) is 0 Å². The second-order valence-corrected chi connectivity index (χ2v) is 8.04. The van der Waals surface area contributed by atoms with Gasteiger partial charge in [-0.05, 0) is 37.4 Å². The van der Waals surface area contributed by atoms with Crippen LogP contribution in [-0.2, 0) is 12.7 Å². The van der Waals surface area contributed by atoms with Gasteiger partial charge in [-0.1, -0.05) is 36.8 Å². The number of hydrogen-bond donors (Lipinski definition) is 3. The van der Waals surface area contributed by atoms with Gasteiger partial charge in [-0.15, -0.1) is 0 Å². The summed E-state index contributed by atoms with van der Waals surface area (Å²) in [5, 5.41) is 22.3. The van der Waals surface area contributed by atoms with E-state index in [0.29, 0.717) is 17.6 Å². The van der Waals surface area contributed by atoms with E-state index in [-0.39, 0.29) is 39.3 Å². The van der Waals surface area contributed by atoms with Gasteiger partial charge < -0.3 is 10.2 Å². The minimum absolute atomic E-state index is 0.0706. The Hall–Kier alpha value is -2.40. The maximum absolute atomic E-state index is 12.9. The van der Waals surface area contributed by atoms with Gasteiger partial charge in [0.2, 0.25) is 0 Å². The number of halogens is 4. The molecule has 32 heavy (non-hydrogen) atoms. The molecule has 0 bridgehead atoms. The van der Waals surface area contributed by atoms with E-state index in [2.05, 4.69) is 10.3 Å². The number of alkyl halides is 3. The molecule has 3 rings (SSSR count). The highest BCUT2D eigenvalue weighted by atomic mass is 35.5. The molecule has 0 spiro atoms. The van der Waals surface area contributed by atoms with Gasteiger partial charge in [0.05, 0.1) is 28.0 Å². The van der Waals surface area contributed by atoms with Gasteiger partial charge in [-0.2, -0.15) is 13.2 Å². The highest BCUT2D eigenvalue weighted by Crippen LogP contribution is 2.35. The number of thiazole rings is 1. The third-order valence-corrected chi connectivity index (χ3v) is 5.41. The molecule has 3 N–H and O–H groups in total. The Morgan fingerprint density at radius 3 is 2.56 bits per heavy atom. The molecule has 3 aromatic rings. The number of amides is 1. The number of anilines is 1. The SMILES string of the molecule is CC.CN(CCO)Cc1cc(Cl)cc(C(=O)Nc2nc3ccc(C(F)(F)F)cc3s2)c1O. The predicted molar refractivity (Wildman–Crippen MR) is 120 cm³/mol. The smallest absolute Gasteiger partial charge is 0.416 e. The van der Waals surface area contributed by atoms with E-state index in [1.54, 1.807) is 11.9 Å². The summed E-state index contributed by atoms with van der Waals surface area (Å²) in [6.07, 6.45) is -4.48. The van der Waals surface area contributed by atoms with Crippen molar-refractivity contribution in [3.8, 4) is 5.75 Å². The lowest BCUT2D eigenvalue weighted by Crippen LogP contribution is -2.22. The van der Waals surface area contributed by atoms with Gasteiger partial charge in [0, 0.05) is 23.7 Å². The van der Waals surface area contributed by atoms with Crippen LogP contribution in [-0.4, -0.2) is 46.2 Å². The van der Waals surface area contributed by atoms with Crippen LogP contribution in [0.1, 0.15) is 35.3 Å². The fourth-order valence-corrected chi connectivity index (χ4v) is 3.95. The second kappa shape index (κ2) is 11.0. The van der Waals surface area contributed by atoms with Crippen LogP contribution in [0, 0.1) is 0 Å². The largest absolute Gasteiger partial charge is 0.507 e. The van der Waals surface area contributed by atoms with Crippen molar-refractivity contribution in [3.05, 3.63) is 52.0 Å². The Bertz CT molecular complexity index is 1090. The molecule has 1 aromatic heterocycles. The first-order valence-corrected chi connectivity index (χ1v) is 10.9. The molecule has 0 atom stereocenters. The molecule has 11 heteroatoms. The van der Waals surface area contributed by atoms with Crippen molar-refractivity contribution in [2.45, 2.75) is 26.6 Å². The number of carbonyl (C=O) groups excluding carboxylic acids is 1. The number of nitrogens with one attached hydrogen (secondary N) is 1. The zero-order chi connectivity index (χ0) is 24.1. The molecule has 174 valence electrons. The van der Waals surface area contributed by atoms with E-state index in [1.165, 1.54) is 18.2 Å². The number of phenolic OH excluding ortho intramolecular Hbond substituents is 1. The van der Waals surface area contributed by atoms with Crippen molar-refractivity contribution in [3.63, 3.8) is 0 Å². The average Bonchev–Trinajstić information content (AvgIpc) is 3.12. The summed E-state index contributed by atoms with van der Waals surface area (Å²) in [6, 6.07) is 5.92. The highest BCUT2D eigenvalue weighted by molar-refractivity contribution is 7.22. The molecule has 6 nitrogen and oxygen atoms in total. The summed E-state index contributed by atoms with van der Waals surface area (Å²) >= 11 is 6.96. The number of benzene rings is 2. The average molecular weight is 490 g/mol. The van der Waals surface area contributed by atoms with Crippen molar-refractivity contribution >= 4 is 44.2 Å². The molecule has 1 heterocycles. The molecule has 0 aliphatic rings. The number of fused-ring (bicyclic) bond motifs is 1. The lowest BCUT2D eigenvalue weighted by atomic mass is 10.1.